The molecule has 0 fully saturated rings. The topological polar surface area (TPSA) is 115 Å². The van der Waals surface area contributed by atoms with Crippen molar-refractivity contribution in [2.75, 3.05) is 0 Å². The van der Waals surface area contributed by atoms with Gasteiger partial charge >= 0.3 is 253 Å². The summed E-state index contributed by atoms with van der Waals surface area (Å²) in [5.41, 5.74) is 2.43. The van der Waals surface area contributed by atoms with Crippen LogP contribution in [0.4, 0.5) is 0 Å². The van der Waals surface area contributed by atoms with E-state index in [2.05, 4.69) is 0 Å². The minimum atomic E-state index is -3.89. The van der Waals surface area contributed by atoms with Gasteiger partial charge in [0.05, 0.1) is 0 Å². The van der Waals surface area contributed by atoms with Gasteiger partial charge in [0.25, 0.3) is 0 Å². The standard InChI is InChI=1S/2C15H23O3P.Ca/c2*1-14(2,3)11-7-10(9-19(17)18)8-12(13(11)16)15(4,5)6;/h2*7-8H,9H2,1-6H3,(H-,16,17,18);/q;;-2/p+2. The van der Waals surface area contributed by atoms with Crippen molar-refractivity contribution >= 4 is 37.9 Å². The van der Waals surface area contributed by atoms with Crippen LogP contribution in [0, 0.1) is 0 Å². The Kier molecular flexibility index (Phi) is 10.2. The number of phenolic OH excluding ortho intramolecular Hbond substituents is 2. The molecule has 2 aromatic carbocycles. The maximum absolute atomic E-state index is 13.5. The average Bonchev–Trinajstić information content (AvgIpc) is 2.65. The van der Waals surface area contributed by atoms with Crippen molar-refractivity contribution < 1.29 is 29.1 Å². The van der Waals surface area contributed by atoms with E-state index in [1.165, 1.54) is 0 Å². The van der Waals surface area contributed by atoms with E-state index in [0.29, 0.717) is 33.4 Å². The molecule has 0 saturated heterocycles. The Morgan fingerprint density at radius 1 is 0.538 bits per heavy atom. The fraction of sp³-hybridized carbons (Fsp3) is 0.600. The Hall–Kier alpha value is -0.320. The third kappa shape index (κ3) is 9.34. The van der Waals surface area contributed by atoms with Crippen molar-refractivity contribution in [3.8, 4) is 11.5 Å². The molecule has 0 amide bonds. The molecule has 0 radical (unpaired) electrons. The van der Waals surface area contributed by atoms with Crippen molar-refractivity contribution in [2.45, 2.75) is 117 Å². The maximum atomic E-state index is 13.5. The normalized spacial score (nSPS) is 16.4. The van der Waals surface area contributed by atoms with Crippen LogP contribution in [0.5, 0.6) is 11.5 Å². The molecule has 0 bridgehead atoms. The first kappa shape index (κ1) is 34.9. The van der Waals surface area contributed by atoms with Gasteiger partial charge < -0.3 is 0 Å². The zero-order valence-electron chi connectivity index (χ0n) is 25.9. The van der Waals surface area contributed by atoms with Crippen molar-refractivity contribution in [1.82, 2.24) is 0 Å². The van der Waals surface area contributed by atoms with Gasteiger partial charge in [-0.15, -0.1) is 0 Å². The van der Waals surface area contributed by atoms with Gasteiger partial charge in [0, 0.05) is 0 Å². The van der Waals surface area contributed by atoms with Gasteiger partial charge in [0.15, 0.2) is 0 Å². The molecule has 6 nitrogen and oxygen atoms in total. The van der Waals surface area contributed by atoms with Gasteiger partial charge in [0.2, 0.25) is 0 Å². The summed E-state index contributed by atoms with van der Waals surface area (Å²) in [5, 5.41) is 22.0. The zero-order chi connectivity index (χ0) is 30.6. The molecule has 2 atom stereocenters. The summed E-state index contributed by atoms with van der Waals surface area (Å²) >= 11 is -2.89. The molecule has 216 valence electrons. The predicted octanol–water partition coefficient (Wildman–Crippen LogP) is 8.06. The molecule has 2 unspecified atom stereocenters. The summed E-state index contributed by atoms with van der Waals surface area (Å²) in [6, 6.07) is 7.07. The van der Waals surface area contributed by atoms with Crippen molar-refractivity contribution in [1.29, 1.82) is 0 Å². The Balaban J connectivity index is 2.47. The van der Waals surface area contributed by atoms with E-state index in [1.54, 1.807) is 24.3 Å². The molecule has 0 aliphatic carbocycles. The van der Waals surface area contributed by atoms with Crippen molar-refractivity contribution in [3.63, 3.8) is 0 Å². The van der Waals surface area contributed by atoms with E-state index < -0.39 is 37.9 Å². The van der Waals surface area contributed by atoms with Gasteiger partial charge in [-0.2, -0.15) is 0 Å². The molecule has 0 spiro atoms. The summed E-state index contributed by atoms with van der Waals surface area (Å²) in [5.74, 6) is 0.384. The zero-order valence-corrected chi connectivity index (χ0v) is 29.9. The molecular formula is C30H48CaO6P2. The number of rotatable bonds is 6. The molecule has 39 heavy (non-hydrogen) atoms. The van der Waals surface area contributed by atoms with Crippen LogP contribution in [0.2, 0.25) is 0 Å². The molecule has 2 rings (SSSR count). The number of benzene rings is 2. The number of phenols is 2. The van der Waals surface area contributed by atoms with E-state index in [1.807, 2.05) is 83.1 Å². The van der Waals surface area contributed by atoms with Gasteiger partial charge in [-0.05, 0) is 0 Å². The van der Waals surface area contributed by atoms with E-state index in [4.69, 9.17) is 0 Å². The molecule has 2 aromatic rings. The predicted molar refractivity (Wildman–Crippen MR) is 164 cm³/mol. The monoisotopic (exact) mass is 606 g/mol. The summed E-state index contributed by atoms with van der Waals surface area (Å²) in [7, 11) is 0. The Morgan fingerprint density at radius 3 is 0.923 bits per heavy atom. The van der Waals surface area contributed by atoms with Crippen LogP contribution in [0.15, 0.2) is 24.3 Å². The molecule has 0 aliphatic heterocycles. The second-order valence-electron chi connectivity index (χ2n) is 15.2. The first-order valence-electron chi connectivity index (χ1n) is 13.5. The SMILES string of the molecule is CC(C)(C)c1cc(C[P](=O)(O)[Ca][P](=O)(O)Cc2cc(C(C)(C)C)c(O)c(C(C)(C)C)c2)cc(C(C)(C)C)c1O. The quantitative estimate of drug-likeness (QED) is 0.195. The Labute approximate surface area is 251 Å². The van der Waals surface area contributed by atoms with Crippen molar-refractivity contribution in [2.24, 2.45) is 0 Å². The van der Waals surface area contributed by atoms with Gasteiger partial charge in [-0.3, -0.25) is 0 Å². The Bertz CT molecular complexity index is 1150. The van der Waals surface area contributed by atoms with Crippen LogP contribution in [0.1, 0.15) is 116 Å². The van der Waals surface area contributed by atoms with Crippen LogP contribution >= 0.6 is 5.56 Å². The third-order valence-electron chi connectivity index (χ3n) is 6.87. The van der Waals surface area contributed by atoms with Crippen LogP contribution in [-0.4, -0.2) is 52.4 Å². The van der Waals surface area contributed by atoms with Gasteiger partial charge in [-0.25, -0.2) is 0 Å². The summed E-state index contributed by atoms with van der Waals surface area (Å²) < 4.78 is 19.2. The molecule has 9 heteroatoms. The van der Waals surface area contributed by atoms with E-state index in [9.17, 15) is 29.1 Å². The third-order valence-corrected chi connectivity index (χ3v) is 26.6. The number of hydrogen-bond donors (Lipinski definition) is 4. The number of aromatic hydroxyl groups is 2. The summed E-state index contributed by atoms with van der Waals surface area (Å²) in [6.07, 6.45) is -0.361. The summed E-state index contributed by atoms with van der Waals surface area (Å²) in [4.78, 5) is 22.1. The van der Waals surface area contributed by atoms with E-state index >= 15 is 0 Å². The van der Waals surface area contributed by atoms with Crippen LogP contribution in [0.3, 0.4) is 0 Å². The molecule has 4 N–H and O–H groups in total. The second kappa shape index (κ2) is 11.4. The fourth-order valence-electron chi connectivity index (χ4n) is 4.87. The minimum absolute atomic E-state index is 0.181. The number of hydrogen-bond acceptors (Lipinski definition) is 4. The summed E-state index contributed by atoms with van der Waals surface area (Å²) in [6.45, 7) is 23.7. The fourth-order valence-corrected chi connectivity index (χ4v) is 24.9. The molecule has 0 saturated carbocycles. The average molecular weight is 607 g/mol. The second-order valence-corrected chi connectivity index (χ2v) is 33.6. The van der Waals surface area contributed by atoms with Crippen LogP contribution in [-0.2, 0) is 43.1 Å². The molecular weight excluding hydrogens is 558 g/mol. The molecule has 0 heterocycles. The molecule has 0 aromatic heterocycles. The van der Waals surface area contributed by atoms with E-state index in [0.717, 1.165) is 0 Å². The van der Waals surface area contributed by atoms with Gasteiger partial charge in [0.1, 0.15) is 0 Å². The van der Waals surface area contributed by atoms with Crippen LogP contribution in [0.25, 0.3) is 0 Å². The van der Waals surface area contributed by atoms with Gasteiger partial charge in [-0.1, -0.05) is 0 Å². The van der Waals surface area contributed by atoms with Crippen molar-refractivity contribution in [3.05, 3.63) is 57.6 Å². The molecule has 0 aliphatic rings. The first-order valence-corrected chi connectivity index (χ1v) is 23.5. The Morgan fingerprint density at radius 2 is 0.744 bits per heavy atom. The van der Waals surface area contributed by atoms with Crippen LogP contribution < -0.4 is 0 Å². The van der Waals surface area contributed by atoms with E-state index in [-0.39, 0.29) is 45.5 Å². The first-order chi connectivity index (χ1) is 17.1.